The van der Waals surface area contributed by atoms with Crippen LogP contribution in [0.3, 0.4) is 0 Å². The van der Waals surface area contributed by atoms with Crippen LogP contribution in [0, 0.1) is 0 Å². The summed E-state index contributed by atoms with van der Waals surface area (Å²) in [6.07, 6.45) is -3.97. The number of benzene rings is 2. The minimum atomic E-state index is -4.90. The third-order valence-corrected chi connectivity index (χ3v) is 6.66. The van der Waals surface area contributed by atoms with E-state index in [0.29, 0.717) is 13.1 Å². The first-order valence-corrected chi connectivity index (χ1v) is 12.3. The molecule has 2 aromatic rings. The number of nitrogens with zero attached hydrogens (tertiary/aromatic N) is 1. The van der Waals surface area contributed by atoms with Gasteiger partial charge >= 0.3 is 6.36 Å². The predicted octanol–water partition coefficient (Wildman–Crippen LogP) is 5.30. The zero-order valence-corrected chi connectivity index (χ0v) is 20.5. The summed E-state index contributed by atoms with van der Waals surface area (Å²) < 4.78 is 54.7. The number of likely N-dealkylation sites (tertiary alicyclic amines) is 1. The van der Waals surface area contributed by atoms with E-state index in [9.17, 15) is 23.1 Å². The van der Waals surface area contributed by atoms with Gasteiger partial charge < -0.3 is 24.2 Å². The molecule has 2 aliphatic heterocycles. The second-order valence-electron chi connectivity index (χ2n) is 9.83. The minimum Gasteiger partial charge on any atom is -0.487 e. The maximum Gasteiger partial charge on any atom is 0.573 e. The number of piperidine rings is 1. The van der Waals surface area contributed by atoms with Crippen LogP contribution in [0.5, 0.6) is 11.5 Å². The van der Waals surface area contributed by atoms with E-state index in [2.05, 4.69) is 9.64 Å². The van der Waals surface area contributed by atoms with Crippen LogP contribution < -0.4 is 9.47 Å². The Balaban J connectivity index is 1.34. The molecular weight excluding hydrogens is 475 g/mol. The molecule has 0 radical (unpaired) electrons. The zero-order chi connectivity index (χ0) is 25.9. The summed E-state index contributed by atoms with van der Waals surface area (Å²) in [5.74, 6) is -0.319. The zero-order valence-electron chi connectivity index (χ0n) is 20.5. The highest BCUT2D eigenvalue weighted by molar-refractivity contribution is 5.98. The molecule has 6 nitrogen and oxygen atoms in total. The van der Waals surface area contributed by atoms with Crippen molar-refractivity contribution in [2.45, 2.75) is 69.8 Å². The number of halogens is 3. The van der Waals surface area contributed by atoms with Gasteiger partial charge in [0.15, 0.2) is 5.78 Å². The Morgan fingerprint density at radius 1 is 1.14 bits per heavy atom. The maximum absolute atomic E-state index is 12.7. The molecule has 1 N–H and O–H groups in total. The van der Waals surface area contributed by atoms with E-state index in [1.807, 2.05) is 38.1 Å². The van der Waals surface area contributed by atoms with Gasteiger partial charge in [-0.1, -0.05) is 30.3 Å². The van der Waals surface area contributed by atoms with E-state index < -0.39 is 24.0 Å². The number of rotatable bonds is 8. The molecule has 1 spiro atoms. The van der Waals surface area contributed by atoms with Crippen LogP contribution in [0.25, 0.3) is 0 Å². The monoisotopic (exact) mass is 507 g/mol. The van der Waals surface area contributed by atoms with Crippen molar-refractivity contribution in [1.82, 2.24) is 4.90 Å². The maximum atomic E-state index is 12.7. The van der Waals surface area contributed by atoms with Gasteiger partial charge in [-0.2, -0.15) is 0 Å². The number of ketones is 1. The second kappa shape index (κ2) is 10.8. The Labute approximate surface area is 209 Å². The van der Waals surface area contributed by atoms with Crippen molar-refractivity contribution in [3.05, 3.63) is 59.7 Å². The molecule has 4 rings (SSSR count). The Bertz CT molecular complexity index is 1050. The van der Waals surface area contributed by atoms with Gasteiger partial charge in [0.1, 0.15) is 17.1 Å². The number of carbonyl (C=O) groups is 1. The summed E-state index contributed by atoms with van der Waals surface area (Å²) in [5.41, 5.74) is 0.499. The third-order valence-electron chi connectivity index (χ3n) is 6.66. The first-order chi connectivity index (χ1) is 17.0. The van der Waals surface area contributed by atoms with Gasteiger partial charge in [-0.3, -0.25) is 4.79 Å². The van der Waals surface area contributed by atoms with Crippen molar-refractivity contribution in [3.63, 3.8) is 0 Å². The number of hydrogen-bond acceptors (Lipinski definition) is 6. The molecule has 0 amide bonds. The van der Waals surface area contributed by atoms with Crippen molar-refractivity contribution in [2.24, 2.45) is 0 Å². The highest BCUT2D eigenvalue weighted by Gasteiger charge is 2.44. The molecule has 9 heteroatoms. The molecule has 2 heterocycles. The molecule has 36 heavy (non-hydrogen) atoms. The van der Waals surface area contributed by atoms with Gasteiger partial charge in [-0.05, 0) is 44.9 Å². The largest absolute Gasteiger partial charge is 0.573 e. The van der Waals surface area contributed by atoms with Gasteiger partial charge in [0.25, 0.3) is 0 Å². The van der Waals surface area contributed by atoms with Crippen LogP contribution in [0.4, 0.5) is 13.2 Å². The van der Waals surface area contributed by atoms with E-state index in [4.69, 9.17) is 9.47 Å². The van der Waals surface area contributed by atoms with Crippen molar-refractivity contribution in [1.29, 1.82) is 0 Å². The van der Waals surface area contributed by atoms with Crippen molar-refractivity contribution in [3.8, 4) is 11.5 Å². The molecular formula is C27H32F3NO5. The number of carbonyl (C=O) groups excluding carboxylic acids is 1. The predicted molar refractivity (Wildman–Crippen MR) is 127 cm³/mol. The number of fused-ring (bicyclic) bond motifs is 1. The Hall–Kier alpha value is -2.62. The molecule has 2 aliphatic rings. The molecule has 1 saturated heterocycles. The van der Waals surface area contributed by atoms with Crippen LogP contribution >= 0.6 is 0 Å². The summed E-state index contributed by atoms with van der Waals surface area (Å²) in [6, 6.07) is 13.1. The molecule has 0 bridgehead atoms. The summed E-state index contributed by atoms with van der Waals surface area (Å²) in [7, 11) is 0. The smallest absolute Gasteiger partial charge is 0.487 e. The lowest BCUT2D eigenvalue weighted by molar-refractivity contribution is -0.274. The lowest BCUT2D eigenvalue weighted by atomic mass is 9.81. The molecule has 0 saturated carbocycles. The van der Waals surface area contributed by atoms with E-state index in [1.54, 1.807) is 0 Å². The first kappa shape index (κ1) is 26.4. The average molecular weight is 508 g/mol. The SMILES string of the molecule is CC(C)OC1CC2(CCN(CC(O)CC(=O)c3ccccc3OC(F)(F)F)CC2)Oc2ccccc21. The number of alkyl halides is 3. The summed E-state index contributed by atoms with van der Waals surface area (Å²) >= 11 is 0. The number of para-hydroxylation sites is 2. The van der Waals surface area contributed by atoms with Crippen LogP contribution in [0.2, 0.25) is 0 Å². The summed E-state index contributed by atoms with van der Waals surface area (Å²) in [5, 5.41) is 10.6. The molecule has 196 valence electrons. The molecule has 2 unspecified atom stereocenters. The lowest BCUT2D eigenvalue weighted by Gasteiger charge is -2.47. The number of Topliss-reactive ketones (excluding diaryl/α,β-unsaturated/α-hetero) is 1. The number of hydrogen-bond donors (Lipinski definition) is 1. The standard InChI is InChI=1S/C27H32F3NO5/c1-18(2)34-25-16-26(35-24-10-6-4-8-21(24)25)11-13-31(14-12-26)17-19(32)15-22(33)20-7-3-5-9-23(20)36-27(28,29)30/h3-10,18-19,25,32H,11-17H2,1-2H3. The Morgan fingerprint density at radius 2 is 1.81 bits per heavy atom. The fourth-order valence-corrected chi connectivity index (χ4v) is 5.06. The van der Waals surface area contributed by atoms with Gasteiger partial charge in [0, 0.05) is 38.0 Å². The molecule has 1 fully saturated rings. The third kappa shape index (κ3) is 6.57. The van der Waals surface area contributed by atoms with Crippen LogP contribution in [0.1, 0.15) is 61.6 Å². The first-order valence-electron chi connectivity index (χ1n) is 12.3. The van der Waals surface area contributed by atoms with E-state index >= 15 is 0 Å². The van der Waals surface area contributed by atoms with Crippen molar-refractivity contribution in [2.75, 3.05) is 19.6 Å². The Morgan fingerprint density at radius 3 is 2.50 bits per heavy atom. The van der Waals surface area contributed by atoms with Crippen molar-refractivity contribution >= 4 is 5.78 Å². The lowest BCUT2D eigenvalue weighted by Crippen LogP contribution is -2.52. The van der Waals surface area contributed by atoms with Gasteiger partial charge in [-0.15, -0.1) is 13.2 Å². The summed E-state index contributed by atoms with van der Waals surface area (Å²) in [4.78, 5) is 14.7. The number of aliphatic hydroxyl groups is 1. The fraction of sp³-hybridized carbons (Fsp3) is 0.519. The molecule has 0 aromatic heterocycles. The minimum absolute atomic E-state index is 0.0521. The molecule has 2 aromatic carbocycles. The van der Waals surface area contributed by atoms with Gasteiger partial charge in [0.05, 0.1) is 23.9 Å². The number of ether oxygens (including phenoxy) is 3. The van der Waals surface area contributed by atoms with Crippen LogP contribution in [-0.4, -0.2) is 59.6 Å². The Kier molecular flexibility index (Phi) is 7.92. The van der Waals surface area contributed by atoms with E-state index in [0.717, 1.165) is 36.6 Å². The highest BCUT2D eigenvalue weighted by atomic mass is 19.4. The van der Waals surface area contributed by atoms with E-state index in [-0.39, 0.29) is 36.3 Å². The second-order valence-corrected chi connectivity index (χ2v) is 9.83. The highest BCUT2D eigenvalue weighted by Crippen LogP contribution is 2.46. The average Bonchev–Trinajstić information content (AvgIpc) is 2.79. The topological polar surface area (TPSA) is 68.2 Å². The number of aliphatic hydroxyl groups excluding tert-OH is 1. The normalized spacial score (nSPS) is 20.6. The van der Waals surface area contributed by atoms with Crippen LogP contribution in [0.15, 0.2) is 48.5 Å². The fourth-order valence-electron chi connectivity index (χ4n) is 5.06. The van der Waals surface area contributed by atoms with E-state index in [1.165, 1.54) is 18.2 Å². The van der Waals surface area contributed by atoms with Gasteiger partial charge in [-0.25, -0.2) is 0 Å². The van der Waals surface area contributed by atoms with Gasteiger partial charge in [0.2, 0.25) is 0 Å². The quantitative estimate of drug-likeness (QED) is 0.489. The molecule has 0 aliphatic carbocycles. The number of β-amino-alcohol motifs (C(OH)–C–C–N with tert-alkyl or cyclic N) is 1. The molecule has 2 atom stereocenters. The van der Waals surface area contributed by atoms with Crippen LogP contribution in [-0.2, 0) is 4.74 Å². The summed E-state index contributed by atoms with van der Waals surface area (Å²) in [6.45, 7) is 5.60. The van der Waals surface area contributed by atoms with Crippen molar-refractivity contribution < 1.29 is 37.3 Å².